The van der Waals surface area contributed by atoms with Crippen LogP contribution in [0.1, 0.15) is 50.7 Å². The van der Waals surface area contributed by atoms with Gasteiger partial charge in [-0.25, -0.2) is 4.79 Å². The van der Waals surface area contributed by atoms with E-state index in [1.54, 1.807) is 18.4 Å². The van der Waals surface area contributed by atoms with Crippen molar-refractivity contribution in [3.8, 4) is 0 Å². The monoisotopic (exact) mass is 350 g/mol. The number of aliphatic hydroxyl groups is 1. The molecule has 138 valence electrons. The van der Waals surface area contributed by atoms with Gasteiger partial charge in [-0.1, -0.05) is 32.1 Å². The quantitative estimate of drug-likeness (QED) is 0.767. The van der Waals surface area contributed by atoms with Crippen molar-refractivity contribution < 1.29 is 23.8 Å². The number of amides is 3. The highest BCUT2D eigenvalue weighted by Gasteiger charge is 2.50. The standard InChI is InChI=1S/C18H26N2O5/c21-14(12-24-13-15-7-6-10-25-15)11-20-16(22)18(19-17(20)23)8-4-2-1-3-5-9-18/h6-7,10,14,21H,1-5,8-9,11-13H2,(H,19,23). The van der Waals surface area contributed by atoms with Crippen molar-refractivity contribution in [1.82, 2.24) is 10.2 Å². The second-order valence-electron chi connectivity index (χ2n) is 6.94. The number of aliphatic hydroxyl groups excluding tert-OH is 1. The molecule has 1 saturated heterocycles. The summed E-state index contributed by atoms with van der Waals surface area (Å²) >= 11 is 0. The minimum Gasteiger partial charge on any atom is -0.467 e. The summed E-state index contributed by atoms with van der Waals surface area (Å²) in [6.45, 7) is 0.226. The number of furan rings is 1. The predicted molar refractivity (Wildman–Crippen MR) is 89.7 cm³/mol. The number of imide groups is 1. The first kappa shape index (κ1) is 17.9. The highest BCUT2D eigenvalue weighted by Crippen LogP contribution is 2.32. The van der Waals surface area contributed by atoms with E-state index < -0.39 is 17.7 Å². The van der Waals surface area contributed by atoms with Crippen LogP contribution < -0.4 is 5.32 Å². The van der Waals surface area contributed by atoms with E-state index in [0.29, 0.717) is 18.6 Å². The summed E-state index contributed by atoms with van der Waals surface area (Å²) in [5.41, 5.74) is -0.772. The largest absolute Gasteiger partial charge is 0.467 e. The number of nitrogens with one attached hydrogen (secondary N) is 1. The van der Waals surface area contributed by atoms with Crippen LogP contribution >= 0.6 is 0 Å². The summed E-state index contributed by atoms with van der Waals surface area (Å²) in [6.07, 6.45) is 7.24. The maximum Gasteiger partial charge on any atom is 0.325 e. The van der Waals surface area contributed by atoms with Crippen LogP contribution in [0.3, 0.4) is 0 Å². The zero-order valence-corrected chi connectivity index (χ0v) is 14.4. The summed E-state index contributed by atoms with van der Waals surface area (Å²) < 4.78 is 10.5. The van der Waals surface area contributed by atoms with Gasteiger partial charge in [-0.05, 0) is 25.0 Å². The third-order valence-electron chi connectivity index (χ3n) is 4.98. The van der Waals surface area contributed by atoms with E-state index in [0.717, 1.165) is 30.6 Å². The lowest BCUT2D eigenvalue weighted by molar-refractivity contribution is -0.133. The Morgan fingerprint density at radius 3 is 2.64 bits per heavy atom. The summed E-state index contributed by atoms with van der Waals surface area (Å²) in [4.78, 5) is 26.3. The van der Waals surface area contributed by atoms with Crippen LogP contribution in [0.4, 0.5) is 4.79 Å². The smallest absolute Gasteiger partial charge is 0.325 e. The molecule has 0 aromatic carbocycles. The summed E-state index contributed by atoms with van der Waals surface area (Å²) in [5, 5.41) is 13.0. The highest BCUT2D eigenvalue weighted by molar-refractivity contribution is 6.07. The molecule has 25 heavy (non-hydrogen) atoms. The van der Waals surface area contributed by atoms with Crippen molar-refractivity contribution >= 4 is 11.9 Å². The number of ether oxygens (including phenoxy) is 1. The lowest BCUT2D eigenvalue weighted by Crippen LogP contribution is -2.48. The Balaban J connectivity index is 1.52. The number of β-amino-alcohol motifs (C(OH)–C–C–N with tert-alkyl or cyclic N) is 1. The number of hydrogen-bond donors (Lipinski definition) is 2. The van der Waals surface area contributed by atoms with Crippen molar-refractivity contribution in [3.05, 3.63) is 24.2 Å². The number of urea groups is 1. The van der Waals surface area contributed by atoms with E-state index >= 15 is 0 Å². The van der Waals surface area contributed by atoms with Crippen LogP contribution in [-0.2, 0) is 16.1 Å². The van der Waals surface area contributed by atoms with Crippen LogP contribution in [0.2, 0.25) is 0 Å². The number of carbonyl (C=O) groups is 2. The van der Waals surface area contributed by atoms with Gasteiger partial charge in [-0.3, -0.25) is 9.69 Å². The summed E-state index contributed by atoms with van der Waals surface area (Å²) in [7, 11) is 0. The van der Waals surface area contributed by atoms with Gasteiger partial charge in [-0.2, -0.15) is 0 Å². The Kier molecular flexibility index (Phi) is 5.75. The van der Waals surface area contributed by atoms with E-state index in [9.17, 15) is 14.7 Å². The second-order valence-corrected chi connectivity index (χ2v) is 6.94. The third kappa shape index (κ3) is 4.22. The molecule has 1 aliphatic heterocycles. The van der Waals surface area contributed by atoms with Gasteiger partial charge in [0, 0.05) is 0 Å². The van der Waals surface area contributed by atoms with Crippen LogP contribution in [-0.4, -0.2) is 46.7 Å². The van der Waals surface area contributed by atoms with Gasteiger partial charge in [0.25, 0.3) is 5.91 Å². The minimum atomic E-state index is -0.923. The first-order chi connectivity index (χ1) is 12.1. The maximum absolute atomic E-state index is 12.8. The molecule has 1 aliphatic carbocycles. The van der Waals surface area contributed by atoms with Crippen LogP contribution in [0.25, 0.3) is 0 Å². The molecule has 0 bridgehead atoms. The molecule has 1 unspecified atom stereocenters. The molecule has 3 rings (SSSR count). The average Bonchev–Trinajstić information content (AvgIpc) is 3.14. The zero-order chi connectivity index (χ0) is 17.7. The fourth-order valence-corrected chi connectivity index (χ4v) is 3.64. The maximum atomic E-state index is 12.8. The van der Waals surface area contributed by atoms with Crippen molar-refractivity contribution in [1.29, 1.82) is 0 Å². The van der Waals surface area contributed by atoms with Crippen molar-refractivity contribution in [3.63, 3.8) is 0 Å². The van der Waals surface area contributed by atoms with Crippen LogP contribution in [0, 0.1) is 0 Å². The Morgan fingerprint density at radius 1 is 1.24 bits per heavy atom. The second kappa shape index (κ2) is 8.01. The Labute approximate surface area is 147 Å². The third-order valence-corrected chi connectivity index (χ3v) is 4.98. The number of rotatable bonds is 6. The lowest BCUT2D eigenvalue weighted by Gasteiger charge is -2.28. The molecule has 2 heterocycles. The number of carbonyl (C=O) groups excluding carboxylic acids is 2. The molecule has 1 aromatic rings. The minimum absolute atomic E-state index is 0.0325. The van der Waals surface area contributed by atoms with Gasteiger partial charge in [0.2, 0.25) is 0 Å². The topological polar surface area (TPSA) is 92.0 Å². The van der Waals surface area contributed by atoms with E-state index in [2.05, 4.69) is 5.32 Å². The van der Waals surface area contributed by atoms with Crippen molar-refractivity contribution in [2.24, 2.45) is 0 Å². The molecule has 3 amide bonds. The van der Waals surface area contributed by atoms with Gasteiger partial charge in [0.15, 0.2) is 0 Å². The van der Waals surface area contributed by atoms with Gasteiger partial charge in [0.1, 0.15) is 17.9 Å². The van der Waals surface area contributed by atoms with E-state index in [1.165, 1.54) is 6.42 Å². The first-order valence-corrected chi connectivity index (χ1v) is 9.03. The number of hydrogen-bond acceptors (Lipinski definition) is 5. The molecule has 1 spiro atoms. The SMILES string of the molecule is O=C1NC2(CCCCCCC2)C(=O)N1CC(O)COCc1ccco1. The Hall–Kier alpha value is -1.86. The summed E-state index contributed by atoms with van der Waals surface area (Å²) in [6, 6.07) is 3.13. The van der Waals surface area contributed by atoms with Crippen LogP contribution in [0.5, 0.6) is 0 Å². The van der Waals surface area contributed by atoms with Crippen molar-refractivity contribution in [2.75, 3.05) is 13.2 Å². The van der Waals surface area contributed by atoms with Gasteiger partial charge in [-0.15, -0.1) is 0 Å². The molecule has 2 N–H and O–H groups in total. The Morgan fingerprint density at radius 2 is 1.96 bits per heavy atom. The van der Waals surface area contributed by atoms with Gasteiger partial charge in [0.05, 0.1) is 25.5 Å². The highest BCUT2D eigenvalue weighted by atomic mass is 16.5. The molecule has 2 fully saturated rings. The van der Waals surface area contributed by atoms with Gasteiger partial charge < -0.3 is 19.6 Å². The molecule has 7 heteroatoms. The normalized spacial score (nSPS) is 21.9. The number of nitrogens with zero attached hydrogens (tertiary/aromatic N) is 1. The first-order valence-electron chi connectivity index (χ1n) is 9.03. The molecule has 1 aromatic heterocycles. The lowest BCUT2D eigenvalue weighted by atomic mass is 9.84. The fourth-order valence-electron chi connectivity index (χ4n) is 3.64. The molecule has 7 nitrogen and oxygen atoms in total. The molecule has 1 atom stereocenters. The fraction of sp³-hybridized carbons (Fsp3) is 0.667. The van der Waals surface area contributed by atoms with Crippen molar-refractivity contribution in [2.45, 2.75) is 63.2 Å². The zero-order valence-electron chi connectivity index (χ0n) is 14.4. The molecule has 2 aliphatic rings. The van der Waals surface area contributed by atoms with Crippen LogP contribution in [0.15, 0.2) is 22.8 Å². The van der Waals surface area contributed by atoms with Gasteiger partial charge >= 0.3 is 6.03 Å². The summed E-state index contributed by atoms with van der Waals surface area (Å²) in [5.74, 6) is 0.458. The van der Waals surface area contributed by atoms with E-state index in [1.807, 2.05) is 0 Å². The molecular weight excluding hydrogens is 324 g/mol. The average molecular weight is 350 g/mol. The molecule has 1 saturated carbocycles. The van der Waals surface area contributed by atoms with E-state index in [4.69, 9.17) is 9.15 Å². The predicted octanol–water partition coefficient (Wildman–Crippen LogP) is 2.19. The molecule has 0 radical (unpaired) electrons. The molecular formula is C18H26N2O5. The Bertz CT molecular complexity index is 578. The van der Waals surface area contributed by atoms with E-state index in [-0.39, 0.29) is 25.7 Å².